The predicted molar refractivity (Wildman–Crippen MR) is 96.4 cm³/mol. The summed E-state index contributed by atoms with van der Waals surface area (Å²) in [5.41, 5.74) is 1.80. The van der Waals surface area contributed by atoms with Crippen LogP contribution in [0.25, 0.3) is 0 Å². The van der Waals surface area contributed by atoms with Gasteiger partial charge in [-0.1, -0.05) is 0 Å². The van der Waals surface area contributed by atoms with E-state index in [0.29, 0.717) is 11.7 Å². The molecule has 0 aromatic carbocycles. The van der Waals surface area contributed by atoms with Crippen molar-refractivity contribution in [3.05, 3.63) is 40.6 Å². The molecule has 4 rings (SSSR count). The molecule has 0 aliphatic carbocycles. The molecule has 4 heterocycles. The molecule has 6 nitrogen and oxygen atoms in total. The van der Waals surface area contributed by atoms with Crippen molar-refractivity contribution >= 4 is 22.9 Å². The lowest BCUT2D eigenvalue weighted by molar-refractivity contribution is -0.138. The van der Waals surface area contributed by atoms with Crippen LogP contribution >= 0.6 is 11.3 Å². The van der Waals surface area contributed by atoms with E-state index >= 15 is 0 Å². The van der Waals surface area contributed by atoms with Crippen LogP contribution in [-0.4, -0.2) is 45.6 Å². The summed E-state index contributed by atoms with van der Waals surface area (Å²) in [5, 5.41) is 6.15. The summed E-state index contributed by atoms with van der Waals surface area (Å²) in [4.78, 5) is 23.5. The highest BCUT2D eigenvalue weighted by atomic mass is 32.1. The van der Waals surface area contributed by atoms with Crippen LogP contribution in [0.15, 0.2) is 29.9 Å². The van der Waals surface area contributed by atoms with Crippen LogP contribution in [0.1, 0.15) is 30.0 Å². The minimum absolute atomic E-state index is 0.0690. The van der Waals surface area contributed by atoms with Gasteiger partial charge >= 0.3 is 0 Å². The molecule has 2 aliphatic heterocycles. The maximum absolute atomic E-state index is 12.4. The molecular weight excluding hydrogens is 336 g/mol. The third-order valence-corrected chi connectivity index (χ3v) is 5.84. The average molecular weight is 358 g/mol. The van der Waals surface area contributed by atoms with E-state index in [4.69, 9.17) is 4.74 Å². The van der Waals surface area contributed by atoms with Gasteiger partial charge < -0.3 is 10.1 Å². The molecule has 0 unspecified atom stereocenters. The highest BCUT2D eigenvalue weighted by Crippen LogP contribution is 2.33. The average Bonchev–Trinajstić information content (AvgIpc) is 3.22. The molecule has 3 atom stereocenters. The molecule has 132 valence electrons. The number of fused-ring (bicyclic) bond motifs is 1. The first-order valence-corrected chi connectivity index (χ1v) is 9.58. The Balaban J connectivity index is 1.34. The number of aromatic nitrogens is 2. The standard InChI is InChI=1S/C18H22N4O2S/c1-12-11-25-17(20-12)10-22-8-6-15-14(22)4-5-16(24-15)18(23)21-13-3-2-7-19-9-13/h2-3,7,9,11,14-16H,4-6,8,10H2,1H3,(H,21,23)/t14-,15-,16+/m1/s1. The van der Waals surface area contributed by atoms with Crippen molar-refractivity contribution in [1.82, 2.24) is 14.9 Å². The van der Waals surface area contributed by atoms with E-state index in [1.54, 1.807) is 23.7 Å². The Morgan fingerprint density at radius 3 is 3.12 bits per heavy atom. The molecule has 0 spiro atoms. The lowest BCUT2D eigenvalue weighted by Crippen LogP contribution is -2.46. The number of ether oxygens (including phenoxy) is 1. The van der Waals surface area contributed by atoms with Crippen LogP contribution in [0.2, 0.25) is 0 Å². The molecule has 2 fully saturated rings. The molecule has 0 radical (unpaired) electrons. The van der Waals surface area contributed by atoms with Gasteiger partial charge in [-0.15, -0.1) is 11.3 Å². The monoisotopic (exact) mass is 358 g/mol. The van der Waals surface area contributed by atoms with Gasteiger partial charge in [-0.2, -0.15) is 0 Å². The quantitative estimate of drug-likeness (QED) is 0.910. The first kappa shape index (κ1) is 16.6. The van der Waals surface area contributed by atoms with Gasteiger partial charge in [-0.3, -0.25) is 14.7 Å². The van der Waals surface area contributed by atoms with Crippen molar-refractivity contribution < 1.29 is 9.53 Å². The number of carbonyl (C=O) groups excluding carboxylic acids is 1. The number of pyridine rings is 1. The smallest absolute Gasteiger partial charge is 0.253 e. The van der Waals surface area contributed by atoms with E-state index in [-0.39, 0.29) is 18.1 Å². The molecule has 0 saturated carbocycles. The number of rotatable bonds is 4. The summed E-state index contributed by atoms with van der Waals surface area (Å²) in [6.45, 7) is 3.92. The number of nitrogens with one attached hydrogen (secondary N) is 1. The van der Waals surface area contributed by atoms with E-state index < -0.39 is 0 Å². The highest BCUT2D eigenvalue weighted by Gasteiger charge is 2.41. The molecular formula is C18H22N4O2S. The molecule has 1 amide bonds. The SMILES string of the molecule is Cc1csc(CN2CC[C@H]3O[C@H](C(=O)Nc4cccnc4)CC[C@H]32)n1. The van der Waals surface area contributed by atoms with Crippen molar-refractivity contribution in [3.63, 3.8) is 0 Å². The lowest BCUT2D eigenvalue weighted by Gasteiger charge is -2.35. The van der Waals surface area contributed by atoms with Gasteiger partial charge in [0.1, 0.15) is 11.1 Å². The van der Waals surface area contributed by atoms with Crippen LogP contribution in [0, 0.1) is 6.92 Å². The summed E-state index contributed by atoms with van der Waals surface area (Å²) >= 11 is 1.72. The summed E-state index contributed by atoms with van der Waals surface area (Å²) in [6.07, 6.45) is 5.82. The fourth-order valence-electron chi connectivity index (χ4n) is 3.71. The number of likely N-dealkylation sites (tertiary alicyclic amines) is 1. The zero-order valence-electron chi connectivity index (χ0n) is 14.2. The number of anilines is 1. The fourth-order valence-corrected chi connectivity index (χ4v) is 4.51. The zero-order valence-corrected chi connectivity index (χ0v) is 15.0. The third-order valence-electron chi connectivity index (χ3n) is 4.89. The van der Waals surface area contributed by atoms with Gasteiger partial charge in [0.25, 0.3) is 5.91 Å². The summed E-state index contributed by atoms with van der Waals surface area (Å²) < 4.78 is 6.13. The third kappa shape index (κ3) is 3.73. The van der Waals surface area contributed by atoms with E-state index in [9.17, 15) is 4.79 Å². The topological polar surface area (TPSA) is 67.3 Å². The van der Waals surface area contributed by atoms with Gasteiger partial charge in [-0.05, 0) is 38.3 Å². The summed E-state index contributed by atoms with van der Waals surface area (Å²) in [7, 11) is 0. The first-order valence-electron chi connectivity index (χ1n) is 8.70. The van der Waals surface area contributed by atoms with Crippen molar-refractivity contribution in [2.75, 3.05) is 11.9 Å². The van der Waals surface area contributed by atoms with E-state index in [1.807, 2.05) is 19.1 Å². The van der Waals surface area contributed by atoms with Gasteiger partial charge in [0.2, 0.25) is 0 Å². The second kappa shape index (κ2) is 7.19. The highest BCUT2D eigenvalue weighted by molar-refractivity contribution is 7.09. The number of nitrogens with zero attached hydrogens (tertiary/aromatic N) is 3. The zero-order chi connectivity index (χ0) is 17.2. The normalized spacial score (nSPS) is 26.4. The Labute approximate surface area is 151 Å². The largest absolute Gasteiger partial charge is 0.363 e. The van der Waals surface area contributed by atoms with Crippen molar-refractivity contribution in [3.8, 4) is 0 Å². The second-order valence-corrected chi connectivity index (χ2v) is 7.62. The van der Waals surface area contributed by atoms with Gasteiger partial charge in [-0.25, -0.2) is 4.98 Å². The molecule has 2 saturated heterocycles. The van der Waals surface area contributed by atoms with Gasteiger partial charge in [0.05, 0.1) is 24.5 Å². The Kier molecular flexibility index (Phi) is 4.78. The molecule has 2 aromatic rings. The Morgan fingerprint density at radius 1 is 1.44 bits per heavy atom. The number of hydrogen-bond donors (Lipinski definition) is 1. The van der Waals surface area contributed by atoms with Gasteiger partial charge in [0, 0.05) is 29.9 Å². The number of aryl methyl sites for hydroxylation is 1. The maximum atomic E-state index is 12.4. The molecule has 2 aromatic heterocycles. The number of hydrogen-bond acceptors (Lipinski definition) is 6. The van der Waals surface area contributed by atoms with Crippen molar-refractivity contribution in [2.45, 2.75) is 51.0 Å². The summed E-state index contributed by atoms with van der Waals surface area (Å²) in [5.74, 6) is -0.0690. The van der Waals surface area contributed by atoms with E-state index in [1.165, 1.54) is 0 Å². The van der Waals surface area contributed by atoms with E-state index in [0.717, 1.165) is 43.1 Å². The fraction of sp³-hybridized carbons (Fsp3) is 0.500. The minimum atomic E-state index is -0.372. The van der Waals surface area contributed by atoms with Crippen molar-refractivity contribution in [2.24, 2.45) is 0 Å². The van der Waals surface area contributed by atoms with Crippen LogP contribution in [-0.2, 0) is 16.1 Å². The lowest BCUT2D eigenvalue weighted by atomic mass is 9.98. The van der Waals surface area contributed by atoms with Gasteiger partial charge in [0.15, 0.2) is 0 Å². The number of thiazole rings is 1. The molecule has 2 aliphatic rings. The molecule has 25 heavy (non-hydrogen) atoms. The van der Waals surface area contributed by atoms with Crippen LogP contribution in [0.4, 0.5) is 5.69 Å². The Bertz CT molecular complexity index is 736. The van der Waals surface area contributed by atoms with Crippen LogP contribution in [0.5, 0.6) is 0 Å². The summed E-state index contributed by atoms with van der Waals surface area (Å²) in [6, 6.07) is 4.04. The Hall–Kier alpha value is -1.83. The molecule has 0 bridgehead atoms. The van der Waals surface area contributed by atoms with Crippen molar-refractivity contribution in [1.29, 1.82) is 0 Å². The molecule has 7 heteroatoms. The number of amides is 1. The first-order chi connectivity index (χ1) is 12.2. The van der Waals surface area contributed by atoms with E-state index in [2.05, 4.69) is 25.6 Å². The Morgan fingerprint density at radius 2 is 2.36 bits per heavy atom. The van der Waals surface area contributed by atoms with Crippen LogP contribution < -0.4 is 5.32 Å². The maximum Gasteiger partial charge on any atom is 0.253 e. The minimum Gasteiger partial charge on any atom is -0.363 e. The van der Waals surface area contributed by atoms with Crippen LogP contribution in [0.3, 0.4) is 0 Å². The second-order valence-electron chi connectivity index (χ2n) is 6.68. The number of carbonyl (C=O) groups is 1. The molecule has 1 N–H and O–H groups in total. The predicted octanol–water partition coefficient (Wildman–Crippen LogP) is 2.61.